The maximum absolute atomic E-state index is 4.96. The number of hydrogen-bond acceptors (Lipinski definition) is 4. The van der Waals surface area contributed by atoms with E-state index >= 15 is 0 Å². The lowest BCUT2D eigenvalue weighted by molar-refractivity contribution is 1.07. The van der Waals surface area contributed by atoms with Crippen molar-refractivity contribution in [3.63, 3.8) is 0 Å². The monoisotopic (exact) mass is 716 g/mol. The molecule has 6 nitrogen and oxygen atoms in total. The fourth-order valence-corrected chi connectivity index (χ4v) is 8.05. The van der Waals surface area contributed by atoms with Gasteiger partial charge in [0.1, 0.15) is 0 Å². The zero-order valence-corrected chi connectivity index (χ0v) is 30.2. The van der Waals surface area contributed by atoms with Crippen LogP contribution < -0.4 is 0 Å². The van der Waals surface area contributed by atoms with Gasteiger partial charge in [0.05, 0.1) is 22.1 Å². The number of hydrogen-bond donors (Lipinski definition) is 0. The van der Waals surface area contributed by atoms with Crippen LogP contribution in [0.15, 0.2) is 194 Å². The van der Waals surface area contributed by atoms with Crippen molar-refractivity contribution in [1.82, 2.24) is 29.1 Å². The molecule has 0 aliphatic heterocycles. The van der Waals surface area contributed by atoms with E-state index in [-0.39, 0.29) is 0 Å². The van der Waals surface area contributed by atoms with E-state index in [1.54, 1.807) is 0 Å². The van der Waals surface area contributed by atoms with Crippen molar-refractivity contribution in [1.29, 1.82) is 0 Å². The molecule has 7 aromatic carbocycles. The van der Waals surface area contributed by atoms with Crippen molar-refractivity contribution in [3.05, 3.63) is 194 Å². The third kappa shape index (κ3) is 5.27. The van der Waals surface area contributed by atoms with E-state index in [1.807, 2.05) is 73.1 Å². The van der Waals surface area contributed by atoms with Crippen molar-refractivity contribution in [2.75, 3.05) is 0 Å². The van der Waals surface area contributed by atoms with Crippen LogP contribution >= 0.6 is 0 Å². The maximum Gasteiger partial charge on any atom is 0.164 e. The molecule has 0 fully saturated rings. The Morgan fingerprint density at radius 3 is 1.34 bits per heavy atom. The second-order valence-corrected chi connectivity index (χ2v) is 14.0. The Kier molecular flexibility index (Phi) is 7.38. The molecule has 0 radical (unpaired) electrons. The third-order valence-corrected chi connectivity index (χ3v) is 10.7. The van der Waals surface area contributed by atoms with Crippen LogP contribution in [0.5, 0.6) is 0 Å². The Morgan fingerprint density at radius 2 is 0.714 bits per heavy atom. The molecule has 0 aliphatic rings. The molecule has 0 amide bonds. The molecule has 11 aromatic rings. The molecule has 4 heterocycles. The van der Waals surface area contributed by atoms with Crippen molar-refractivity contribution >= 4 is 43.6 Å². The van der Waals surface area contributed by atoms with E-state index in [0.29, 0.717) is 17.5 Å². The second kappa shape index (κ2) is 13.0. The van der Waals surface area contributed by atoms with Gasteiger partial charge in [-0.1, -0.05) is 115 Å². The summed E-state index contributed by atoms with van der Waals surface area (Å²) < 4.78 is 4.69. The molecular formula is C50H32N6. The van der Waals surface area contributed by atoms with Crippen LogP contribution in [-0.2, 0) is 0 Å². The van der Waals surface area contributed by atoms with E-state index in [2.05, 4.69) is 135 Å². The first-order valence-electron chi connectivity index (χ1n) is 18.7. The molecule has 0 unspecified atom stereocenters. The molecule has 6 heteroatoms. The zero-order valence-electron chi connectivity index (χ0n) is 30.2. The highest BCUT2D eigenvalue weighted by molar-refractivity contribution is 6.12. The quantitative estimate of drug-likeness (QED) is 0.172. The van der Waals surface area contributed by atoms with E-state index in [1.165, 1.54) is 38.1 Å². The summed E-state index contributed by atoms with van der Waals surface area (Å²) in [6, 6.07) is 63.8. The first-order chi connectivity index (χ1) is 27.8. The Morgan fingerprint density at radius 1 is 0.286 bits per heavy atom. The molecule has 0 saturated heterocycles. The molecule has 0 atom stereocenters. The second-order valence-electron chi connectivity index (χ2n) is 14.0. The van der Waals surface area contributed by atoms with Crippen LogP contribution in [0.4, 0.5) is 0 Å². The smallest absolute Gasteiger partial charge is 0.164 e. The molecule has 0 bridgehead atoms. The van der Waals surface area contributed by atoms with Gasteiger partial charge >= 0.3 is 0 Å². The molecule has 0 saturated carbocycles. The summed E-state index contributed by atoms with van der Waals surface area (Å²) in [5.74, 6) is 1.93. The number of pyridine rings is 1. The van der Waals surface area contributed by atoms with E-state index < -0.39 is 0 Å². The van der Waals surface area contributed by atoms with E-state index in [9.17, 15) is 0 Å². The molecule has 56 heavy (non-hydrogen) atoms. The van der Waals surface area contributed by atoms with Crippen molar-refractivity contribution in [2.24, 2.45) is 0 Å². The van der Waals surface area contributed by atoms with Gasteiger partial charge in [0.25, 0.3) is 0 Å². The normalized spacial score (nSPS) is 11.6. The number of fused-ring (bicyclic) bond motifs is 6. The third-order valence-electron chi connectivity index (χ3n) is 10.7. The highest BCUT2D eigenvalue weighted by Crippen LogP contribution is 2.38. The van der Waals surface area contributed by atoms with Gasteiger partial charge in [-0.3, -0.25) is 4.98 Å². The summed E-state index contributed by atoms with van der Waals surface area (Å²) in [6.07, 6.45) is 3.70. The van der Waals surface area contributed by atoms with Gasteiger partial charge in [-0.15, -0.1) is 0 Å². The highest BCUT2D eigenvalue weighted by Gasteiger charge is 2.17. The summed E-state index contributed by atoms with van der Waals surface area (Å²) >= 11 is 0. The molecule has 0 aliphatic carbocycles. The van der Waals surface area contributed by atoms with Gasteiger partial charge in [-0.25, -0.2) is 15.0 Å². The summed E-state index contributed by atoms with van der Waals surface area (Å²) in [4.78, 5) is 19.1. The first kappa shape index (κ1) is 31.8. The van der Waals surface area contributed by atoms with Crippen LogP contribution in [0.1, 0.15) is 0 Å². The minimum atomic E-state index is 0.634. The van der Waals surface area contributed by atoms with Gasteiger partial charge in [0.2, 0.25) is 0 Å². The number of nitrogens with zero attached hydrogens (tertiary/aromatic N) is 6. The van der Waals surface area contributed by atoms with Gasteiger partial charge < -0.3 is 9.13 Å². The molecule has 0 spiro atoms. The lowest BCUT2D eigenvalue weighted by atomic mass is 10.0. The zero-order chi connectivity index (χ0) is 37.0. The van der Waals surface area contributed by atoms with Crippen molar-refractivity contribution in [2.45, 2.75) is 0 Å². The van der Waals surface area contributed by atoms with Crippen LogP contribution in [0, 0.1) is 0 Å². The topological polar surface area (TPSA) is 61.4 Å². The van der Waals surface area contributed by atoms with Crippen LogP contribution in [0.2, 0.25) is 0 Å². The predicted octanol–water partition coefficient (Wildman–Crippen LogP) is 12.1. The minimum absolute atomic E-state index is 0.634. The number of aromatic nitrogens is 6. The van der Waals surface area contributed by atoms with Gasteiger partial charge in [0, 0.05) is 62.0 Å². The molecule has 262 valence electrons. The van der Waals surface area contributed by atoms with Gasteiger partial charge in [-0.05, 0) is 77.9 Å². The summed E-state index contributed by atoms with van der Waals surface area (Å²) in [6.45, 7) is 0. The van der Waals surface area contributed by atoms with Crippen molar-refractivity contribution < 1.29 is 0 Å². The Labute approximate surface area is 322 Å². The maximum atomic E-state index is 4.96. The average Bonchev–Trinajstić information content (AvgIpc) is 3.79. The Hall–Kier alpha value is -7.70. The minimum Gasteiger partial charge on any atom is -0.309 e. The molecule has 4 aromatic heterocycles. The van der Waals surface area contributed by atoms with E-state index in [4.69, 9.17) is 15.0 Å². The Balaban J connectivity index is 1.03. The summed E-state index contributed by atoms with van der Waals surface area (Å²) in [7, 11) is 0. The lowest BCUT2D eigenvalue weighted by Gasteiger charge is -2.11. The number of benzene rings is 7. The average molecular weight is 717 g/mol. The van der Waals surface area contributed by atoms with Gasteiger partial charge in [-0.2, -0.15) is 0 Å². The van der Waals surface area contributed by atoms with Crippen molar-refractivity contribution in [3.8, 4) is 56.7 Å². The summed E-state index contributed by atoms with van der Waals surface area (Å²) in [5.41, 5.74) is 12.0. The Bertz CT molecular complexity index is 3160. The largest absolute Gasteiger partial charge is 0.309 e. The highest BCUT2D eigenvalue weighted by atomic mass is 15.0. The lowest BCUT2D eigenvalue weighted by Crippen LogP contribution is -2.00. The number of para-hydroxylation sites is 2. The van der Waals surface area contributed by atoms with E-state index in [0.717, 1.165) is 44.7 Å². The summed E-state index contributed by atoms with van der Waals surface area (Å²) in [5, 5.41) is 4.87. The van der Waals surface area contributed by atoms with Crippen LogP contribution in [0.3, 0.4) is 0 Å². The fraction of sp³-hybridized carbons (Fsp3) is 0. The standard InChI is InChI=1S/C50H32N6/c1-3-11-33(12-4-1)48-52-49(34-13-5-2-6-14-34)54-50(53-48)35-19-23-38(24-20-35)56-44-17-9-7-15-40(44)42-25-21-37(32-47(42)56)36-22-26-46-43(31-36)41-16-8-10-18-45(41)55(46)39-27-29-51-30-28-39/h1-32H. The molecular weight excluding hydrogens is 685 g/mol. The van der Waals surface area contributed by atoms with Gasteiger partial charge in [0.15, 0.2) is 17.5 Å². The number of rotatable bonds is 6. The molecule has 11 rings (SSSR count). The molecule has 0 N–H and O–H groups in total. The fourth-order valence-electron chi connectivity index (χ4n) is 8.05. The first-order valence-corrected chi connectivity index (χ1v) is 18.7. The van der Waals surface area contributed by atoms with Crippen LogP contribution in [-0.4, -0.2) is 29.1 Å². The van der Waals surface area contributed by atoms with Crippen LogP contribution in [0.25, 0.3) is 100 Å². The predicted molar refractivity (Wildman–Crippen MR) is 228 cm³/mol. The SMILES string of the molecule is c1ccc(-c2nc(-c3ccccc3)nc(-c3ccc(-n4c5ccccc5c5ccc(-c6ccc7c(c6)c6ccccc6n7-c6ccncc6)cc54)cc3)n2)cc1.